The fourth-order valence-corrected chi connectivity index (χ4v) is 4.18. The van der Waals surface area contributed by atoms with Crippen molar-refractivity contribution >= 4 is 11.6 Å². The Bertz CT molecular complexity index is 741. The van der Waals surface area contributed by atoms with E-state index in [4.69, 9.17) is 0 Å². The number of rotatable bonds is 1. The van der Waals surface area contributed by atoms with Gasteiger partial charge in [0.1, 0.15) is 0 Å². The number of carbonyl (C=O) groups excluding carboxylic acids is 1. The lowest BCUT2D eigenvalue weighted by Gasteiger charge is -2.34. The van der Waals surface area contributed by atoms with Crippen LogP contribution in [0.15, 0.2) is 48.5 Å². The van der Waals surface area contributed by atoms with E-state index in [2.05, 4.69) is 37.1 Å². The lowest BCUT2D eigenvalue weighted by molar-refractivity contribution is -0.886. The summed E-state index contributed by atoms with van der Waals surface area (Å²) in [7, 11) is 2.26. The van der Waals surface area contributed by atoms with Gasteiger partial charge in [0.15, 0.2) is 0 Å². The highest BCUT2D eigenvalue weighted by molar-refractivity contribution is 6.08. The Balaban J connectivity index is 1.79. The molecule has 118 valence electrons. The van der Waals surface area contributed by atoms with Crippen molar-refractivity contribution in [2.75, 3.05) is 25.0 Å². The van der Waals surface area contributed by atoms with Crippen LogP contribution in [0.4, 0.5) is 5.69 Å². The van der Waals surface area contributed by atoms with Gasteiger partial charge in [-0.25, -0.2) is 0 Å². The molecule has 2 aromatic carbocycles. The summed E-state index contributed by atoms with van der Waals surface area (Å²) < 4.78 is 0. The Morgan fingerprint density at radius 1 is 1.17 bits per heavy atom. The highest BCUT2D eigenvalue weighted by Gasteiger charge is 2.45. The number of nitrogens with zero attached hydrogens (tertiary/aromatic N) is 1. The number of hydrogen-bond donors (Lipinski definition) is 1. The molecule has 23 heavy (non-hydrogen) atoms. The second-order valence-corrected chi connectivity index (χ2v) is 6.98. The quantitative estimate of drug-likeness (QED) is 0.857. The molecule has 0 bridgehead atoms. The Kier molecular flexibility index (Phi) is 3.46. The maximum atomic E-state index is 13.2. The van der Waals surface area contributed by atoms with Gasteiger partial charge in [0, 0.05) is 17.7 Å². The number of aryl methyl sites for hydroxylation is 1. The molecular formula is C20H23N2O+. The summed E-state index contributed by atoms with van der Waals surface area (Å²) in [5.74, 6) is 0.606. The van der Waals surface area contributed by atoms with Crippen molar-refractivity contribution in [3.63, 3.8) is 0 Å². The number of likely N-dealkylation sites (tertiary alicyclic amines) is 1. The first-order chi connectivity index (χ1) is 11.1. The number of piperidine rings is 1. The van der Waals surface area contributed by atoms with E-state index in [1.165, 1.54) is 11.1 Å². The zero-order chi connectivity index (χ0) is 16.0. The van der Waals surface area contributed by atoms with Crippen LogP contribution in [0.5, 0.6) is 0 Å². The van der Waals surface area contributed by atoms with Crippen molar-refractivity contribution in [2.45, 2.75) is 25.3 Å². The smallest absolute Gasteiger partial charge is 0.258 e. The summed E-state index contributed by atoms with van der Waals surface area (Å²) in [5, 5.41) is 0. The predicted molar refractivity (Wildman–Crippen MR) is 92.2 cm³/mol. The summed E-state index contributed by atoms with van der Waals surface area (Å²) in [5.41, 5.74) is 4.54. The van der Waals surface area contributed by atoms with Gasteiger partial charge in [0.25, 0.3) is 5.91 Å². The third kappa shape index (κ3) is 2.36. The van der Waals surface area contributed by atoms with E-state index >= 15 is 0 Å². The van der Waals surface area contributed by atoms with Gasteiger partial charge in [-0.15, -0.1) is 0 Å². The molecule has 0 saturated carbocycles. The van der Waals surface area contributed by atoms with E-state index in [9.17, 15) is 4.79 Å². The van der Waals surface area contributed by atoms with Gasteiger partial charge in [0.05, 0.1) is 32.1 Å². The van der Waals surface area contributed by atoms with Crippen LogP contribution < -0.4 is 9.80 Å². The van der Waals surface area contributed by atoms with Crippen LogP contribution in [0.3, 0.4) is 0 Å². The summed E-state index contributed by atoms with van der Waals surface area (Å²) in [6.07, 6.45) is 1.07. The number of likely N-dealkylation sites (N-methyl/N-ethyl adjacent to an activating group) is 1. The molecule has 0 aromatic heterocycles. The number of amides is 1. The molecule has 0 aliphatic carbocycles. The van der Waals surface area contributed by atoms with Crippen molar-refractivity contribution in [1.82, 2.24) is 0 Å². The largest absolute Gasteiger partial charge is 0.337 e. The summed E-state index contributed by atoms with van der Waals surface area (Å²) >= 11 is 0. The SMILES string of the molecule is Cc1ccc2c(c1)[C@@H]1C[NH+](C)CC[C@@H]1N2C(=O)c1ccccc1. The van der Waals surface area contributed by atoms with Crippen LogP contribution in [-0.4, -0.2) is 32.1 Å². The molecule has 1 N–H and O–H groups in total. The van der Waals surface area contributed by atoms with Crippen LogP contribution in [-0.2, 0) is 0 Å². The average molecular weight is 307 g/mol. The molecule has 3 atom stereocenters. The first kappa shape index (κ1) is 14.5. The lowest BCUT2D eigenvalue weighted by atomic mass is 9.88. The molecule has 3 heteroatoms. The highest BCUT2D eigenvalue weighted by Crippen LogP contribution is 2.43. The molecule has 1 saturated heterocycles. The fourth-order valence-electron chi connectivity index (χ4n) is 4.18. The lowest BCUT2D eigenvalue weighted by Crippen LogP contribution is -3.11. The van der Waals surface area contributed by atoms with E-state index < -0.39 is 0 Å². The summed E-state index contributed by atoms with van der Waals surface area (Å²) in [6.45, 7) is 4.38. The average Bonchev–Trinajstić information content (AvgIpc) is 2.88. The molecule has 3 nitrogen and oxygen atoms in total. The topological polar surface area (TPSA) is 24.8 Å². The molecule has 2 aliphatic rings. The highest BCUT2D eigenvalue weighted by atomic mass is 16.2. The standard InChI is InChI=1S/C20H22N2O/c1-14-8-9-18-16(12-14)17-13-21(2)11-10-19(17)22(18)20(23)15-6-4-3-5-7-15/h3-9,12,17,19H,10-11,13H2,1-2H3/p+1/t17-,19-/m0/s1. The van der Waals surface area contributed by atoms with Gasteiger partial charge in [0.2, 0.25) is 0 Å². The summed E-state index contributed by atoms with van der Waals surface area (Å²) in [4.78, 5) is 16.8. The Labute approximate surface area is 137 Å². The third-order valence-electron chi connectivity index (χ3n) is 5.31. The van der Waals surface area contributed by atoms with Crippen LogP contribution in [0.2, 0.25) is 0 Å². The van der Waals surface area contributed by atoms with E-state index in [0.717, 1.165) is 30.8 Å². The Morgan fingerprint density at radius 3 is 2.74 bits per heavy atom. The number of fused-ring (bicyclic) bond motifs is 3. The molecule has 2 aromatic rings. The maximum absolute atomic E-state index is 13.2. The van der Waals surface area contributed by atoms with Gasteiger partial charge < -0.3 is 9.80 Å². The maximum Gasteiger partial charge on any atom is 0.258 e. The second-order valence-electron chi connectivity index (χ2n) is 6.98. The van der Waals surface area contributed by atoms with Crippen molar-refractivity contribution < 1.29 is 9.69 Å². The number of quaternary nitrogens is 1. The molecule has 0 spiro atoms. The first-order valence-electron chi connectivity index (χ1n) is 8.45. The molecule has 4 rings (SSSR count). The molecular weight excluding hydrogens is 284 g/mol. The van der Waals surface area contributed by atoms with Gasteiger partial charge in [-0.3, -0.25) is 4.79 Å². The number of benzene rings is 2. The molecule has 2 heterocycles. The normalized spacial score (nSPS) is 25.8. The zero-order valence-electron chi connectivity index (χ0n) is 13.8. The fraction of sp³-hybridized carbons (Fsp3) is 0.350. The Morgan fingerprint density at radius 2 is 1.96 bits per heavy atom. The number of anilines is 1. The van der Waals surface area contributed by atoms with Gasteiger partial charge >= 0.3 is 0 Å². The van der Waals surface area contributed by atoms with Crippen molar-refractivity contribution in [1.29, 1.82) is 0 Å². The molecule has 0 radical (unpaired) electrons. The van der Waals surface area contributed by atoms with Gasteiger partial charge in [-0.2, -0.15) is 0 Å². The van der Waals surface area contributed by atoms with E-state index in [0.29, 0.717) is 12.0 Å². The van der Waals surface area contributed by atoms with E-state index in [-0.39, 0.29) is 5.91 Å². The molecule has 2 aliphatic heterocycles. The van der Waals surface area contributed by atoms with Gasteiger partial charge in [-0.05, 0) is 30.7 Å². The predicted octanol–water partition coefficient (Wildman–Crippen LogP) is 2.03. The second kappa shape index (κ2) is 5.50. The minimum Gasteiger partial charge on any atom is -0.337 e. The van der Waals surface area contributed by atoms with Crippen molar-refractivity contribution in [2.24, 2.45) is 0 Å². The molecule has 1 amide bonds. The number of hydrogen-bond acceptors (Lipinski definition) is 1. The minimum atomic E-state index is 0.141. The third-order valence-corrected chi connectivity index (χ3v) is 5.31. The van der Waals surface area contributed by atoms with Crippen LogP contribution >= 0.6 is 0 Å². The van der Waals surface area contributed by atoms with E-state index in [1.54, 1.807) is 4.90 Å². The number of nitrogens with one attached hydrogen (secondary N) is 1. The molecule has 1 unspecified atom stereocenters. The monoisotopic (exact) mass is 307 g/mol. The van der Waals surface area contributed by atoms with Crippen molar-refractivity contribution in [3.8, 4) is 0 Å². The van der Waals surface area contributed by atoms with Crippen molar-refractivity contribution in [3.05, 3.63) is 65.2 Å². The Hall–Kier alpha value is -2.13. The zero-order valence-corrected chi connectivity index (χ0v) is 13.8. The molecule has 1 fully saturated rings. The summed E-state index contributed by atoms with van der Waals surface area (Å²) in [6, 6.07) is 16.5. The number of carbonyl (C=O) groups is 1. The van der Waals surface area contributed by atoms with Gasteiger partial charge in [-0.1, -0.05) is 35.9 Å². The van der Waals surface area contributed by atoms with Crippen LogP contribution in [0.1, 0.15) is 33.8 Å². The van der Waals surface area contributed by atoms with Crippen LogP contribution in [0.25, 0.3) is 0 Å². The minimum absolute atomic E-state index is 0.141. The van der Waals surface area contributed by atoms with E-state index in [1.807, 2.05) is 30.3 Å². The first-order valence-corrected chi connectivity index (χ1v) is 8.45. The van der Waals surface area contributed by atoms with Crippen LogP contribution in [0, 0.1) is 6.92 Å².